The van der Waals surface area contributed by atoms with Crippen LogP contribution in [0, 0.1) is 0 Å². The Morgan fingerprint density at radius 2 is 2.33 bits per heavy atom. The number of methoxy groups -OCH3 is 1. The first-order valence-electron chi connectivity index (χ1n) is 6.05. The number of nitrogens with one attached hydrogen (secondary N) is 1. The molecular formula is C13H21N3O2. The van der Waals surface area contributed by atoms with Gasteiger partial charge in [-0.1, -0.05) is 0 Å². The van der Waals surface area contributed by atoms with Gasteiger partial charge in [0.05, 0.1) is 30.1 Å². The van der Waals surface area contributed by atoms with Crippen LogP contribution in [0.2, 0.25) is 0 Å². The highest BCUT2D eigenvalue weighted by Gasteiger charge is 2.19. The number of ether oxygens (including phenoxy) is 1. The molecule has 100 valence electrons. The average molecular weight is 251 g/mol. The van der Waals surface area contributed by atoms with E-state index in [1.165, 1.54) is 0 Å². The molecule has 18 heavy (non-hydrogen) atoms. The van der Waals surface area contributed by atoms with Crippen molar-refractivity contribution in [3.63, 3.8) is 0 Å². The van der Waals surface area contributed by atoms with Crippen LogP contribution in [0.3, 0.4) is 0 Å². The Hall–Kier alpha value is -1.62. The Bertz CT molecular complexity index is 396. The zero-order chi connectivity index (χ0) is 13.5. The predicted molar refractivity (Wildman–Crippen MR) is 71.8 cm³/mol. The summed E-state index contributed by atoms with van der Waals surface area (Å²) in [7, 11) is 3.41. The Labute approximate surface area is 108 Å². The number of hydrogen-bond acceptors (Lipinski definition) is 4. The van der Waals surface area contributed by atoms with Gasteiger partial charge in [-0.3, -0.25) is 9.78 Å². The normalized spacial score (nSPS) is 12.0. The summed E-state index contributed by atoms with van der Waals surface area (Å²) in [6, 6.07) is 1.77. The third-order valence-corrected chi connectivity index (χ3v) is 2.81. The molecular weight excluding hydrogens is 230 g/mol. The van der Waals surface area contributed by atoms with E-state index in [0.29, 0.717) is 12.2 Å². The molecule has 0 aliphatic heterocycles. The van der Waals surface area contributed by atoms with Crippen LogP contribution >= 0.6 is 0 Å². The summed E-state index contributed by atoms with van der Waals surface area (Å²) in [6.45, 7) is 5.21. The van der Waals surface area contributed by atoms with Crippen LogP contribution in [0.5, 0.6) is 0 Å². The van der Waals surface area contributed by atoms with Crippen LogP contribution in [0.25, 0.3) is 0 Å². The summed E-state index contributed by atoms with van der Waals surface area (Å²) in [5, 5.41) is 3.14. The summed E-state index contributed by atoms with van der Waals surface area (Å²) in [5.74, 6) is -0.0297. The van der Waals surface area contributed by atoms with Crippen molar-refractivity contribution < 1.29 is 9.53 Å². The molecule has 0 fully saturated rings. The second kappa shape index (κ2) is 6.96. The van der Waals surface area contributed by atoms with Gasteiger partial charge in [0.1, 0.15) is 0 Å². The van der Waals surface area contributed by atoms with Crippen LogP contribution in [0.4, 0.5) is 5.69 Å². The van der Waals surface area contributed by atoms with Crippen LogP contribution < -0.4 is 5.32 Å². The highest BCUT2D eigenvalue weighted by atomic mass is 16.5. The van der Waals surface area contributed by atoms with Gasteiger partial charge < -0.3 is 15.0 Å². The van der Waals surface area contributed by atoms with Gasteiger partial charge in [0, 0.05) is 26.9 Å². The predicted octanol–water partition coefficient (Wildman–Crippen LogP) is 1.62. The summed E-state index contributed by atoms with van der Waals surface area (Å²) in [4.78, 5) is 18.1. The average Bonchev–Trinajstić information content (AvgIpc) is 2.38. The SMILES string of the molecule is CCNc1cnccc1C(=O)N(C)C(C)COC. The van der Waals surface area contributed by atoms with E-state index in [4.69, 9.17) is 4.74 Å². The van der Waals surface area contributed by atoms with E-state index in [1.54, 1.807) is 37.5 Å². The Kier molecular flexibility index (Phi) is 5.58. The van der Waals surface area contributed by atoms with Crippen molar-refractivity contribution >= 4 is 11.6 Å². The molecule has 1 unspecified atom stereocenters. The monoisotopic (exact) mass is 251 g/mol. The van der Waals surface area contributed by atoms with Crippen LogP contribution in [0.15, 0.2) is 18.5 Å². The van der Waals surface area contributed by atoms with E-state index < -0.39 is 0 Å². The van der Waals surface area contributed by atoms with Gasteiger partial charge in [0.15, 0.2) is 0 Å². The lowest BCUT2D eigenvalue weighted by Gasteiger charge is -2.25. The largest absolute Gasteiger partial charge is 0.383 e. The van der Waals surface area contributed by atoms with E-state index in [1.807, 2.05) is 13.8 Å². The molecule has 1 aromatic heterocycles. The van der Waals surface area contributed by atoms with Crippen molar-refractivity contribution in [3.05, 3.63) is 24.0 Å². The van der Waals surface area contributed by atoms with E-state index >= 15 is 0 Å². The number of carbonyl (C=O) groups excluding carboxylic acids is 1. The fraction of sp³-hybridized carbons (Fsp3) is 0.538. The molecule has 1 N–H and O–H groups in total. The number of anilines is 1. The summed E-state index contributed by atoms with van der Waals surface area (Å²) < 4.78 is 5.07. The minimum Gasteiger partial charge on any atom is -0.383 e. The van der Waals surface area contributed by atoms with Crippen LogP contribution in [-0.2, 0) is 4.74 Å². The van der Waals surface area contributed by atoms with Crippen molar-refractivity contribution in [1.82, 2.24) is 9.88 Å². The van der Waals surface area contributed by atoms with Crippen molar-refractivity contribution in [2.75, 3.05) is 32.6 Å². The molecule has 0 spiro atoms. The molecule has 1 rings (SSSR count). The molecule has 1 aromatic rings. The molecule has 5 heteroatoms. The number of amides is 1. The smallest absolute Gasteiger partial charge is 0.256 e. The zero-order valence-electron chi connectivity index (χ0n) is 11.4. The standard InChI is InChI=1S/C13H21N3O2/c1-5-15-12-8-14-7-6-11(12)13(17)16(3)10(2)9-18-4/h6-8,10,15H,5,9H2,1-4H3. The number of hydrogen-bond donors (Lipinski definition) is 1. The third-order valence-electron chi connectivity index (χ3n) is 2.81. The van der Waals surface area contributed by atoms with Crippen molar-refractivity contribution in [1.29, 1.82) is 0 Å². The fourth-order valence-electron chi connectivity index (χ4n) is 1.66. The molecule has 1 heterocycles. The summed E-state index contributed by atoms with van der Waals surface area (Å²) >= 11 is 0. The first kappa shape index (κ1) is 14.4. The van der Waals surface area contributed by atoms with Gasteiger partial charge in [-0.2, -0.15) is 0 Å². The van der Waals surface area contributed by atoms with Gasteiger partial charge >= 0.3 is 0 Å². The lowest BCUT2D eigenvalue weighted by Crippen LogP contribution is -2.38. The second-order valence-corrected chi connectivity index (χ2v) is 4.17. The maximum atomic E-state index is 12.4. The molecule has 0 bridgehead atoms. The molecule has 0 saturated carbocycles. The first-order valence-corrected chi connectivity index (χ1v) is 6.05. The third kappa shape index (κ3) is 3.43. The van der Waals surface area contributed by atoms with Crippen LogP contribution in [-0.4, -0.2) is 49.1 Å². The summed E-state index contributed by atoms with van der Waals surface area (Å²) in [5.41, 5.74) is 1.40. The highest BCUT2D eigenvalue weighted by molar-refractivity contribution is 5.99. The molecule has 0 aliphatic rings. The van der Waals surface area contributed by atoms with Gasteiger partial charge in [-0.05, 0) is 19.9 Å². The molecule has 0 aromatic carbocycles. The number of pyridine rings is 1. The number of likely N-dealkylation sites (N-methyl/N-ethyl adjacent to an activating group) is 1. The van der Waals surface area contributed by atoms with E-state index in [2.05, 4.69) is 10.3 Å². The molecule has 5 nitrogen and oxygen atoms in total. The molecule has 1 amide bonds. The Morgan fingerprint density at radius 3 is 2.94 bits per heavy atom. The van der Waals surface area contributed by atoms with Crippen molar-refractivity contribution in [2.24, 2.45) is 0 Å². The first-order chi connectivity index (χ1) is 8.61. The zero-order valence-corrected chi connectivity index (χ0v) is 11.4. The highest BCUT2D eigenvalue weighted by Crippen LogP contribution is 2.16. The van der Waals surface area contributed by atoms with Gasteiger partial charge in [0.2, 0.25) is 0 Å². The number of aromatic nitrogens is 1. The molecule has 1 atom stereocenters. The van der Waals surface area contributed by atoms with Gasteiger partial charge in [-0.15, -0.1) is 0 Å². The number of rotatable bonds is 6. The molecule has 0 saturated heterocycles. The lowest BCUT2D eigenvalue weighted by atomic mass is 10.1. The Balaban J connectivity index is 2.89. The minimum absolute atomic E-state index is 0.0297. The quantitative estimate of drug-likeness (QED) is 0.834. The Morgan fingerprint density at radius 1 is 1.61 bits per heavy atom. The lowest BCUT2D eigenvalue weighted by molar-refractivity contribution is 0.0634. The fourth-order valence-corrected chi connectivity index (χ4v) is 1.66. The minimum atomic E-state index is -0.0297. The van der Waals surface area contributed by atoms with Gasteiger partial charge in [0.25, 0.3) is 5.91 Å². The maximum Gasteiger partial charge on any atom is 0.256 e. The van der Waals surface area contributed by atoms with Crippen LogP contribution in [0.1, 0.15) is 24.2 Å². The summed E-state index contributed by atoms with van der Waals surface area (Å²) in [6.07, 6.45) is 3.30. The van der Waals surface area contributed by atoms with E-state index in [-0.39, 0.29) is 11.9 Å². The number of nitrogens with zero attached hydrogens (tertiary/aromatic N) is 2. The molecule has 0 aliphatic carbocycles. The maximum absolute atomic E-state index is 12.4. The second-order valence-electron chi connectivity index (χ2n) is 4.17. The molecule has 0 radical (unpaired) electrons. The topological polar surface area (TPSA) is 54.5 Å². The number of carbonyl (C=O) groups is 1. The van der Waals surface area contributed by atoms with Crippen molar-refractivity contribution in [3.8, 4) is 0 Å². The van der Waals surface area contributed by atoms with Crippen molar-refractivity contribution in [2.45, 2.75) is 19.9 Å². The van der Waals surface area contributed by atoms with E-state index in [9.17, 15) is 4.79 Å². The van der Waals surface area contributed by atoms with Gasteiger partial charge in [-0.25, -0.2) is 0 Å². The van der Waals surface area contributed by atoms with E-state index in [0.717, 1.165) is 12.2 Å².